The van der Waals surface area contributed by atoms with Crippen LogP contribution in [0, 0.1) is 5.82 Å². The fraction of sp³-hybridized carbons (Fsp3) is 0.529. The van der Waals surface area contributed by atoms with Crippen molar-refractivity contribution in [2.45, 2.75) is 35.5 Å². The smallest absolute Gasteiger partial charge is 0.414 e. The number of halogens is 3. The van der Waals surface area contributed by atoms with E-state index in [0.717, 1.165) is 12.5 Å². The zero-order valence-corrected chi connectivity index (χ0v) is 17.1. The minimum absolute atomic E-state index is 0.0118. The number of ether oxygens (including phenoxy) is 1. The second-order valence-electron chi connectivity index (χ2n) is 6.72. The van der Waals surface area contributed by atoms with Crippen molar-refractivity contribution in [2.75, 3.05) is 23.7 Å². The molecular weight excluding hydrogens is 434 g/mol. The highest BCUT2D eigenvalue weighted by molar-refractivity contribution is 7.91. The van der Waals surface area contributed by atoms with Gasteiger partial charge in [0.1, 0.15) is 11.9 Å². The molecule has 0 radical (unpaired) electrons. The lowest BCUT2D eigenvalue weighted by molar-refractivity contribution is -0.119. The normalized spacial score (nSPS) is 24.3. The van der Waals surface area contributed by atoms with Crippen LogP contribution in [-0.4, -0.2) is 50.2 Å². The highest BCUT2D eigenvalue weighted by Crippen LogP contribution is 2.36. The van der Waals surface area contributed by atoms with Gasteiger partial charge in [0, 0.05) is 5.56 Å². The number of cyclic esters (lactones) is 1. The highest BCUT2D eigenvalue weighted by Gasteiger charge is 2.35. The molecule has 2 saturated heterocycles. The number of sulfone groups is 1. The van der Waals surface area contributed by atoms with E-state index in [1.807, 2.05) is 0 Å². The molecule has 154 valence electrons. The number of nitrogens with one attached hydrogen (secondary N) is 1. The molecule has 28 heavy (non-hydrogen) atoms. The first-order valence-electron chi connectivity index (χ1n) is 8.74. The fourth-order valence-electron chi connectivity index (χ4n) is 3.38. The van der Waals surface area contributed by atoms with Gasteiger partial charge in [0.05, 0.1) is 29.8 Å². The maximum Gasteiger partial charge on any atom is 0.414 e. The Morgan fingerprint density at radius 2 is 2.11 bits per heavy atom. The molecule has 0 aliphatic carbocycles. The van der Waals surface area contributed by atoms with Crippen LogP contribution in [0.4, 0.5) is 14.9 Å². The number of carbonyl (C=O) groups excluding carboxylic acids is 2. The average Bonchev–Trinajstić information content (AvgIpc) is 3.00. The second kappa shape index (κ2) is 8.42. The predicted octanol–water partition coefficient (Wildman–Crippen LogP) is 2.71. The number of anilines is 1. The molecular formula is C17H19Cl2FN2O5S. The Morgan fingerprint density at radius 1 is 1.36 bits per heavy atom. The molecule has 11 heteroatoms. The van der Waals surface area contributed by atoms with E-state index in [0.29, 0.717) is 12.8 Å². The Balaban J connectivity index is 1.71. The predicted molar refractivity (Wildman–Crippen MR) is 103 cm³/mol. The first kappa shape index (κ1) is 21.1. The average molecular weight is 453 g/mol. The first-order chi connectivity index (χ1) is 13.2. The number of carbonyl (C=O) groups is 2. The zero-order chi connectivity index (χ0) is 20.5. The standard InChI is InChI=1S/C17H19Cl2FN2O5S/c18-15(19)16(23)21-8-11-9-22(17(24)27-11)10-4-5-12(13(20)7-10)14-3-1-2-6-28(14,25)26/h4-5,7,11,14-15H,1-3,6,8-9H2,(H,21,23)/t11?,14-/m0/s1. The summed E-state index contributed by atoms with van der Waals surface area (Å²) in [6.45, 7) is 0.104. The molecule has 2 heterocycles. The number of hydrogen-bond donors (Lipinski definition) is 1. The second-order valence-corrected chi connectivity index (χ2v) is 10.1. The van der Waals surface area contributed by atoms with Crippen LogP contribution >= 0.6 is 23.2 Å². The van der Waals surface area contributed by atoms with E-state index in [1.165, 1.54) is 17.0 Å². The summed E-state index contributed by atoms with van der Waals surface area (Å²) >= 11 is 10.9. The van der Waals surface area contributed by atoms with Gasteiger partial charge in [-0.05, 0) is 25.0 Å². The monoisotopic (exact) mass is 452 g/mol. The van der Waals surface area contributed by atoms with Crippen LogP contribution in [0.5, 0.6) is 0 Å². The van der Waals surface area contributed by atoms with Crippen molar-refractivity contribution in [1.82, 2.24) is 5.32 Å². The van der Waals surface area contributed by atoms with E-state index in [1.54, 1.807) is 0 Å². The van der Waals surface area contributed by atoms with Crippen LogP contribution in [0.3, 0.4) is 0 Å². The van der Waals surface area contributed by atoms with Crippen LogP contribution in [0.2, 0.25) is 0 Å². The minimum Gasteiger partial charge on any atom is -0.442 e. The summed E-state index contributed by atoms with van der Waals surface area (Å²) in [6.07, 6.45) is 0.357. The van der Waals surface area contributed by atoms with Crippen LogP contribution in [0.25, 0.3) is 0 Å². The molecule has 1 N–H and O–H groups in total. The molecule has 1 unspecified atom stereocenters. The van der Waals surface area contributed by atoms with Gasteiger partial charge >= 0.3 is 6.09 Å². The van der Waals surface area contributed by atoms with E-state index >= 15 is 0 Å². The molecule has 2 amide bonds. The molecule has 1 aromatic rings. The van der Waals surface area contributed by atoms with E-state index in [4.69, 9.17) is 27.9 Å². The van der Waals surface area contributed by atoms with Gasteiger partial charge in [0.15, 0.2) is 14.7 Å². The Labute approximate surface area is 172 Å². The van der Waals surface area contributed by atoms with Gasteiger partial charge < -0.3 is 10.1 Å². The van der Waals surface area contributed by atoms with Crippen molar-refractivity contribution in [3.8, 4) is 0 Å². The molecule has 7 nitrogen and oxygen atoms in total. The Kier molecular flexibility index (Phi) is 6.36. The number of alkyl halides is 2. The summed E-state index contributed by atoms with van der Waals surface area (Å²) in [5.74, 6) is -1.23. The van der Waals surface area contributed by atoms with Gasteiger partial charge in [-0.3, -0.25) is 9.69 Å². The first-order valence-corrected chi connectivity index (χ1v) is 11.3. The summed E-state index contributed by atoms with van der Waals surface area (Å²) < 4.78 is 44.3. The largest absolute Gasteiger partial charge is 0.442 e. The molecule has 2 atom stereocenters. The van der Waals surface area contributed by atoms with Crippen molar-refractivity contribution in [3.05, 3.63) is 29.6 Å². The van der Waals surface area contributed by atoms with Gasteiger partial charge in [0.2, 0.25) is 0 Å². The quantitative estimate of drug-likeness (QED) is 0.693. The number of rotatable bonds is 5. The van der Waals surface area contributed by atoms with Crippen molar-refractivity contribution < 1.29 is 27.1 Å². The van der Waals surface area contributed by atoms with Gasteiger partial charge in [0.25, 0.3) is 5.91 Å². The number of benzene rings is 1. The van der Waals surface area contributed by atoms with Gasteiger partial charge in [-0.1, -0.05) is 35.7 Å². The van der Waals surface area contributed by atoms with Gasteiger partial charge in [-0.15, -0.1) is 0 Å². The van der Waals surface area contributed by atoms with Crippen molar-refractivity contribution >= 4 is 50.7 Å². The summed E-state index contributed by atoms with van der Waals surface area (Å²) in [5, 5.41) is 1.58. The van der Waals surface area contributed by atoms with E-state index in [9.17, 15) is 22.4 Å². The third kappa shape index (κ3) is 4.52. The molecule has 1 aromatic carbocycles. The molecule has 0 bridgehead atoms. The Bertz CT molecular complexity index is 880. The highest BCUT2D eigenvalue weighted by atomic mass is 35.5. The fourth-order valence-corrected chi connectivity index (χ4v) is 5.53. The van der Waals surface area contributed by atoms with E-state index in [-0.39, 0.29) is 30.1 Å². The van der Waals surface area contributed by atoms with Crippen molar-refractivity contribution in [2.24, 2.45) is 0 Å². The third-order valence-electron chi connectivity index (χ3n) is 4.80. The molecule has 0 saturated carbocycles. The van der Waals surface area contributed by atoms with E-state index < -0.39 is 43.8 Å². The van der Waals surface area contributed by atoms with Crippen LogP contribution < -0.4 is 10.2 Å². The number of amides is 2. The maximum absolute atomic E-state index is 14.7. The lowest BCUT2D eigenvalue weighted by Crippen LogP contribution is -2.37. The summed E-state index contributed by atoms with van der Waals surface area (Å²) in [5.41, 5.74) is 0.371. The minimum atomic E-state index is -3.38. The molecule has 3 rings (SSSR count). The lowest BCUT2D eigenvalue weighted by atomic mass is 10.0. The van der Waals surface area contributed by atoms with Crippen LogP contribution in [0.15, 0.2) is 18.2 Å². The van der Waals surface area contributed by atoms with Gasteiger partial charge in [-0.25, -0.2) is 17.6 Å². The Morgan fingerprint density at radius 3 is 2.75 bits per heavy atom. The van der Waals surface area contributed by atoms with Gasteiger partial charge in [-0.2, -0.15) is 0 Å². The van der Waals surface area contributed by atoms with Crippen LogP contribution in [-0.2, 0) is 19.4 Å². The maximum atomic E-state index is 14.7. The number of hydrogen-bond acceptors (Lipinski definition) is 5. The zero-order valence-electron chi connectivity index (χ0n) is 14.7. The topological polar surface area (TPSA) is 92.8 Å². The van der Waals surface area contributed by atoms with Crippen molar-refractivity contribution in [3.63, 3.8) is 0 Å². The summed E-state index contributed by atoms with van der Waals surface area (Å²) in [7, 11) is -3.38. The Hall–Kier alpha value is -1.58. The summed E-state index contributed by atoms with van der Waals surface area (Å²) in [4.78, 5) is 23.5. The third-order valence-corrected chi connectivity index (χ3v) is 7.41. The molecule has 0 spiro atoms. The van der Waals surface area contributed by atoms with Crippen molar-refractivity contribution in [1.29, 1.82) is 0 Å². The van der Waals surface area contributed by atoms with Crippen LogP contribution in [0.1, 0.15) is 30.1 Å². The number of nitrogens with zero attached hydrogens (tertiary/aromatic N) is 1. The molecule has 2 fully saturated rings. The SMILES string of the molecule is O=C(NCC1CN(c2ccc([C@@H]3CCCCS3(=O)=O)c(F)c2)C(=O)O1)C(Cl)Cl. The lowest BCUT2D eigenvalue weighted by Gasteiger charge is -2.23. The van der Waals surface area contributed by atoms with E-state index in [2.05, 4.69) is 5.32 Å². The molecule has 2 aliphatic heterocycles. The summed E-state index contributed by atoms with van der Waals surface area (Å²) in [6, 6.07) is 4.04. The molecule has 0 aromatic heterocycles. The molecule has 2 aliphatic rings.